The van der Waals surface area contributed by atoms with E-state index >= 15 is 0 Å². The van der Waals surface area contributed by atoms with Gasteiger partial charge in [-0.1, -0.05) is 13.8 Å². The summed E-state index contributed by atoms with van der Waals surface area (Å²) in [5.41, 5.74) is 2.93. The molecule has 2 aromatic heterocycles. The number of amides is 1. The number of halogens is 1. The number of hydrogen-bond donors (Lipinski definition) is 1. The van der Waals surface area contributed by atoms with Crippen LogP contribution in [0.25, 0.3) is 0 Å². The number of thiazole rings is 1. The minimum Gasteiger partial charge on any atom is -0.345 e. The van der Waals surface area contributed by atoms with Crippen molar-refractivity contribution < 1.29 is 4.79 Å². The van der Waals surface area contributed by atoms with E-state index in [2.05, 4.69) is 36.2 Å². The molecule has 0 aliphatic rings. The Hall–Kier alpha value is -1.34. The van der Waals surface area contributed by atoms with Gasteiger partial charge in [-0.25, -0.2) is 15.0 Å². The maximum atomic E-state index is 12.1. The average molecular weight is 341 g/mol. The molecule has 0 bridgehead atoms. The molecule has 7 heteroatoms. The Morgan fingerprint density at radius 3 is 2.89 bits per heavy atom. The maximum Gasteiger partial charge on any atom is 0.271 e. The van der Waals surface area contributed by atoms with Crippen molar-refractivity contribution in [3.05, 3.63) is 38.8 Å². The molecule has 2 heterocycles. The van der Waals surface area contributed by atoms with E-state index in [1.165, 1.54) is 11.3 Å². The molecule has 0 atom stereocenters. The molecule has 0 aromatic carbocycles. The van der Waals surface area contributed by atoms with Crippen LogP contribution in [-0.2, 0) is 6.54 Å². The van der Waals surface area contributed by atoms with Crippen LogP contribution in [0.15, 0.2) is 21.6 Å². The van der Waals surface area contributed by atoms with Crippen LogP contribution in [-0.4, -0.2) is 20.9 Å². The van der Waals surface area contributed by atoms with E-state index in [4.69, 9.17) is 0 Å². The zero-order valence-electron chi connectivity index (χ0n) is 10.6. The van der Waals surface area contributed by atoms with Crippen molar-refractivity contribution in [1.82, 2.24) is 20.3 Å². The Balaban J connectivity index is 2.11. The lowest BCUT2D eigenvalue weighted by molar-refractivity contribution is 0.0944. The van der Waals surface area contributed by atoms with Gasteiger partial charge in [0, 0.05) is 17.5 Å². The number of rotatable bonds is 4. The van der Waals surface area contributed by atoms with Gasteiger partial charge in [0.15, 0.2) is 0 Å². The molecule has 1 N–H and O–H groups in total. The second kappa shape index (κ2) is 6.21. The number of carbonyl (C=O) groups is 1. The topological polar surface area (TPSA) is 67.8 Å². The number of hydrogen-bond acceptors (Lipinski definition) is 5. The molecule has 5 nitrogen and oxygen atoms in total. The Labute approximate surface area is 123 Å². The van der Waals surface area contributed by atoms with Crippen molar-refractivity contribution in [2.45, 2.75) is 26.3 Å². The molecule has 0 spiro atoms. The molecule has 2 rings (SSSR count). The Morgan fingerprint density at radius 1 is 1.47 bits per heavy atom. The van der Waals surface area contributed by atoms with Crippen LogP contribution in [0, 0.1) is 0 Å². The van der Waals surface area contributed by atoms with Crippen molar-refractivity contribution in [2.24, 2.45) is 0 Å². The number of carbonyl (C=O) groups excluding carboxylic acids is 1. The molecule has 0 saturated carbocycles. The zero-order valence-corrected chi connectivity index (χ0v) is 13.0. The van der Waals surface area contributed by atoms with Gasteiger partial charge in [0.2, 0.25) is 0 Å². The quantitative estimate of drug-likeness (QED) is 0.929. The van der Waals surface area contributed by atoms with Crippen LogP contribution < -0.4 is 5.32 Å². The van der Waals surface area contributed by atoms with E-state index in [1.54, 1.807) is 11.7 Å². The summed E-state index contributed by atoms with van der Waals surface area (Å²) in [4.78, 5) is 24.7. The molecule has 19 heavy (non-hydrogen) atoms. The highest BCUT2D eigenvalue weighted by molar-refractivity contribution is 9.10. The van der Waals surface area contributed by atoms with Gasteiger partial charge < -0.3 is 5.32 Å². The van der Waals surface area contributed by atoms with Gasteiger partial charge in [0.05, 0.1) is 22.2 Å². The van der Waals surface area contributed by atoms with Crippen molar-refractivity contribution in [3.8, 4) is 0 Å². The third-order valence-electron chi connectivity index (χ3n) is 2.41. The molecule has 0 fully saturated rings. The van der Waals surface area contributed by atoms with Crippen molar-refractivity contribution in [2.75, 3.05) is 0 Å². The molecule has 0 aliphatic carbocycles. The van der Waals surface area contributed by atoms with Gasteiger partial charge in [-0.3, -0.25) is 4.79 Å². The fourth-order valence-electron chi connectivity index (χ4n) is 1.40. The largest absolute Gasteiger partial charge is 0.345 e. The summed E-state index contributed by atoms with van der Waals surface area (Å²) in [7, 11) is 0. The molecule has 0 radical (unpaired) electrons. The highest BCUT2D eigenvalue weighted by atomic mass is 79.9. The summed E-state index contributed by atoms with van der Waals surface area (Å²) in [6, 6.07) is 0. The van der Waals surface area contributed by atoms with Crippen LogP contribution >= 0.6 is 27.3 Å². The Morgan fingerprint density at radius 2 is 2.26 bits per heavy atom. The van der Waals surface area contributed by atoms with Gasteiger partial charge in [-0.2, -0.15) is 0 Å². The first kappa shape index (κ1) is 14.1. The molecular weight excluding hydrogens is 328 g/mol. The van der Waals surface area contributed by atoms with Gasteiger partial charge in [0.25, 0.3) is 5.91 Å². The van der Waals surface area contributed by atoms with Crippen LogP contribution in [0.1, 0.15) is 41.8 Å². The maximum absolute atomic E-state index is 12.1. The van der Waals surface area contributed by atoms with Crippen LogP contribution in [0.4, 0.5) is 0 Å². The molecule has 100 valence electrons. The summed E-state index contributed by atoms with van der Waals surface area (Å²) in [6.45, 7) is 4.37. The smallest absolute Gasteiger partial charge is 0.271 e. The van der Waals surface area contributed by atoms with Gasteiger partial charge in [0.1, 0.15) is 11.5 Å². The van der Waals surface area contributed by atoms with Gasteiger partial charge in [-0.15, -0.1) is 11.3 Å². The summed E-state index contributed by atoms with van der Waals surface area (Å²) < 4.78 is 0.590. The molecule has 0 unspecified atom stereocenters. The lowest BCUT2D eigenvalue weighted by atomic mass is 10.2. The second-order valence-corrected chi connectivity index (χ2v) is 5.81. The highest BCUT2D eigenvalue weighted by Crippen LogP contribution is 2.17. The Bertz CT molecular complexity index is 571. The van der Waals surface area contributed by atoms with Crippen LogP contribution in [0.5, 0.6) is 0 Å². The SMILES string of the molecule is CC(C)c1ncc(Br)c(C(=O)NCc2cscn2)n1. The fourth-order valence-corrected chi connectivity index (χ4v) is 2.33. The molecule has 2 aromatic rings. The summed E-state index contributed by atoms with van der Waals surface area (Å²) >= 11 is 4.80. The minimum absolute atomic E-state index is 0.179. The zero-order chi connectivity index (χ0) is 13.8. The molecule has 0 saturated heterocycles. The summed E-state index contributed by atoms with van der Waals surface area (Å²) in [5, 5.41) is 4.69. The second-order valence-electron chi connectivity index (χ2n) is 4.24. The van der Waals surface area contributed by atoms with Crippen LogP contribution in [0.3, 0.4) is 0 Å². The lowest BCUT2D eigenvalue weighted by Crippen LogP contribution is -2.25. The standard InChI is InChI=1S/C12H13BrN4OS/c1-7(2)11-14-4-9(13)10(17-11)12(18)15-3-8-5-19-6-16-8/h4-7H,3H2,1-2H3,(H,15,18). The number of nitrogens with zero attached hydrogens (tertiary/aromatic N) is 3. The molecular formula is C12H13BrN4OS. The van der Waals surface area contributed by atoms with E-state index in [0.29, 0.717) is 22.5 Å². The Kier molecular flexibility index (Phi) is 4.60. The van der Waals surface area contributed by atoms with E-state index in [-0.39, 0.29) is 11.8 Å². The monoisotopic (exact) mass is 340 g/mol. The normalized spacial score (nSPS) is 10.7. The first-order chi connectivity index (χ1) is 9.08. The third-order valence-corrected chi connectivity index (χ3v) is 3.62. The minimum atomic E-state index is -0.232. The molecule has 1 amide bonds. The molecule has 0 aliphatic heterocycles. The van der Waals surface area contributed by atoms with Gasteiger partial charge >= 0.3 is 0 Å². The number of nitrogens with one attached hydrogen (secondary N) is 1. The predicted molar refractivity (Wildman–Crippen MR) is 77.1 cm³/mol. The van der Waals surface area contributed by atoms with Crippen molar-refractivity contribution in [1.29, 1.82) is 0 Å². The van der Waals surface area contributed by atoms with E-state index in [9.17, 15) is 4.79 Å². The van der Waals surface area contributed by atoms with Crippen molar-refractivity contribution >= 4 is 33.2 Å². The van der Waals surface area contributed by atoms with Gasteiger partial charge in [-0.05, 0) is 15.9 Å². The first-order valence-electron chi connectivity index (χ1n) is 5.75. The average Bonchev–Trinajstić information content (AvgIpc) is 2.89. The van der Waals surface area contributed by atoms with E-state index in [1.807, 2.05) is 19.2 Å². The summed E-state index contributed by atoms with van der Waals surface area (Å²) in [6.07, 6.45) is 1.61. The van der Waals surface area contributed by atoms with E-state index in [0.717, 1.165) is 5.69 Å². The highest BCUT2D eigenvalue weighted by Gasteiger charge is 2.15. The fraction of sp³-hybridized carbons (Fsp3) is 0.333. The van der Waals surface area contributed by atoms with Crippen molar-refractivity contribution in [3.63, 3.8) is 0 Å². The summed E-state index contributed by atoms with van der Waals surface area (Å²) in [5.74, 6) is 0.601. The van der Waals surface area contributed by atoms with E-state index < -0.39 is 0 Å². The lowest BCUT2D eigenvalue weighted by Gasteiger charge is -2.08. The third kappa shape index (κ3) is 3.57. The predicted octanol–water partition coefficient (Wildman–Crippen LogP) is 2.75. The first-order valence-corrected chi connectivity index (χ1v) is 7.49. The van der Waals surface area contributed by atoms with Crippen LogP contribution in [0.2, 0.25) is 0 Å². The number of aromatic nitrogens is 3.